The number of hydrogen-bond donors (Lipinski definition) is 2. The first kappa shape index (κ1) is 15.8. The molecule has 3 N–H and O–H groups in total. The van der Waals surface area contributed by atoms with E-state index in [1.807, 2.05) is 0 Å². The number of methoxy groups -OCH3 is 1. The first-order valence-corrected chi connectivity index (χ1v) is 6.77. The van der Waals surface area contributed by atoms with Crippen LogP contribution in [-0.2, 0) is 4.79 Å². The number of rotatable bonds is 5. The third kappa shape index (κ3) is 4.20. The standard InChI is InChI=1S/C16H19N3O3/c1-16(2,17)15(20)19-11-4-9-14(18-10-11)22-13-7-5-12(21-3)6-8-13/h4-10H,17H2,1-3H3,(H,19,20). The van der Waals surface area contributed by atoms with Gasteiger partial charge in [0, 0.05) is 6.07 Å². The quantitative estimate of drug-likeness (QED) is 0.886. The summed E-state index contributed by atoms with van der Waals surface area (Å²) in [5, 5.41) is 2.69. The van der Waals surface area contributed by atoms with Gasteiger partial charge in [-0.15, -0.1) is 0 Å². The van der Waals surface area contributed by atoms with Crippen molar-refractivity contribution in [2.24, 2.45) is 5.73 Å². The molecule has 0 aliphatic rings. The van der Waals surface area contributed by atoms with E-state index in [9.17, 15) is 4.79 Å². The van der Waals surface area contributed by atoms with Crippen LogP contribution in [-0.4, -0.2) is 23.5 Å². The predicted octanol–water partition coefficient (Wildman–Crippen LogP) is 2.56. The number of nitrogens with zero attached hydrogens (tertiary/aromatic N) is 1. The highest BCUT2D eigenvalue weighted by Gasteiger charge is 2.21. The lowest BCUT2D eigenvalue weighted by atomic mass is 10.1. The lowest BCUT2D eigenvalue weighted by molar-refractivity contribution is -0.120. The van der Waals surface area contributed by atoms with Gasteiger partial charge in [-0.25, -0.2) is 4.98 Å². The Hall–Kier alpha value is -2.60. The Balaban J connectivity index is 2.01. The van der Waals surface area contributed by atoms with E-state index in [4.69, 9.17) is 15.2 Å². The number of amides is 1. The van der Waals surface area contributed by atoms with E-state index in [0.717, 1.165) is 5.75 Å². The number of hydrogen-bond acceptors (Lipinski definition) is 5. The zero-order valence-corrected chi connectivity index (χ0v) is 12.8. The van der Waals surface area contributed by atoms with Crippen LogP contribution in [0, 0.1) is 0 Å². The van der Waals surface area contributed by atoms with Crippen LogP contribution in [0.2, 0.25) is 0 Å². The van der Waals surface area contributed by atoms with Gasteiger partial charge in [0.05, 0.1) is 24.5 Å². The van der Waals surface area contributed by atoms with Crippen LogP contribution in [0.1, 0.15) is 13.8 Å². The highest BCUT2D eigenvalue weighted by atomic mass is 16.5. The maximum absolute atomic E-state index is 11.8. The van der Waals surface area contributed by atoms with Crippen LogP contribution in [0.4, 0.5) is 5.69 Å². The molecule has 0 bridgehead atoms. The second-order valence-corrected chi connectivity index (χ2v) is 5.34. The smallest absolute Gasteiger partial charge is 0.243 e. The highest BCUT2D eigenvalue weighted by Crippen LogP contribution is 2.23. The second kappa shape index (κ2) is 6.44. The van der Waals surface area contributed by atoms with E-state index < -0.39 is 5.54 Å². The van der Waals surface area contributed by atoms with Crippen LogP contribution < -0.4 is 20.5 Å². The Morgan fingerprint density at radius 1 is 1.14 bits per heavy atom. The van der Waals surface area contributed by atoms with Crippen molar-refractivity contribution >= 4 is 11.6 Å². The van der Waals surface area contributed by atoms with Crippen molar-refractivity contribution in [2.45, 2.75) is 19.4 Å². The molecule has 22 heavy (non-hydrogen) atoms. The largest absolute Gasteiger partial charge is 0.497 e. The number of nitrogens with two attached hydrogens (primary N) is 1. The van der Waals surface area contributed by atoms with Gasteiger partial charge in [0.1, 0.15) is 11.5 Å². The van der Waals surface area contributed by atoms with Crippen molar-refractivity contribution in [1.29, 1.82) is 0 Å². The van der Waals surface area contributed by atoms with Gasteiger partial charge in [0.2, 0.25) is 11.8 Å². The summed E-state index contributed by atoms with van der Waals surface area (Å²) in [7, 11) is 1.60. The summed E-state index contributed by atoms with van der Waals surface area (Å²) in [5.74, 6) is 1.55. The van der Waals surface area contributed by atoms with Crippen molar-refractivity contribution in [1.82, 2.24) is 4.98 Å². The molecule has 2 rings (SSSR count). The predicted molar refractivity (Wildman–Crippen MR) is 84.2 cm³/mol. The van der Waals surface area contributed by atoms with E-state index in [1.54, 1.807) is 57.4 Å². The SMILES string of the molecule is COc1ccc(Oc2ccc(NC(=O)C(C)(C)N)cn2)cc1. The third-order valence-electron chi connectivity index (χ3n) is 2.86. The molecular weight excluding hydrogens is 282 g/mol. The van der Waals surface area contributed by atoms with Crippen molar-refractivity contribution < 1.29 is 14.3 Å². The molecule has 1 aromatic carbocycles. The number of carbonyl (C=O) groups is 1. The van der Waals surface area contributed by atoms with Crippen molar-refractivity contribution in [3.8, 4) is 17.4 Å². The number of benzene rings is 1. The van der Waals surface area contributed by atoms with E-state index in [1.165, 1.54) is 6.20 Å². The topological polar surface area (TPSA) is 86.5 Å². The Morgan fingerprint density at radius 3 is 2.27 bits per heavy atom. The van der Waals surface area contributed by atoms with Crippen LogP contribution >= 0.6 is 0 Å². The molecule has 0 spiro atoms. The molecule has 0 radical (unpaired) electrons. The molecule has 1 amide bonds. The molecule has 0 saturated carbocycles. The Bertz CT molecular complexity index is 631. The average molecular weight is 301 g/mol. The number of aromatic nitrogens is 1. The lowest BCUT2D eigenvalue weighted by Gasteiger charge is -2.17. The van der Waals surface area contributed by atoms with Crippen LogP contribution in [0.15, 0.2) is 42.6 Å². The highest BCUT2D eigenvalue weighted by molar-refractivity contribution is 5.97. The molecule has 0 unspecified atom stereocenters. The maximum atomic E-state index is 11.8. The first-order valence-electron chi connectivity index (χ1n) is 6.77. The van der Waals surface area contributed by atoms with Gasteiger partial charge < -0.3 is 20.5 Å². The zero-order chi connectivity index (χ0) is 16.2. The Kier molecular flexibility index (Phi) is 4.62. The maximum Gasteiger partial charge on any atom is 0.243 e. The van der Waals surface area contributed by atoms with Gasteiger partial charge in [0.25, 0.3) is 0 Å². The Labute approximate surface area is 129 Å². The molecule has 0 aliphatic carbocycles. The van der Waals surface area contributed by atoms with Crippen molar-refractivity contribution in [2.75, 3.05) is 12.4 Å². The van der Waals surface area contributed by atoms with E-state index in [-0.39, 0.29) is 5.91 Å². The third-order valence-corrected chi connectivity index (χ3v) is 2.86. The average Bonchev–Trinajstić information content (AvgIpc) is 2.49. The summed E-state index contributed by atoms with van der Waals surface area (Å²) < 4.78 is 10.7. The molecule has 116 valence electrons. The van der Waals surface area contributed by atoms with Crippen molar-refractivity contribution in [3.63, 3.8) is 0 Å². The van der Waals surface area contributed by atoms with Gasteiger partial charge in [-0.3, -0.25) is 4.79 Å². The summed E-state index contributed by atoms with van der Waals surface area (Å²) in [6.45, 7) is 3.27. The van der Waals surface area contributed by atoms with Gasteiger partial charge in [-0.05, 0) is 44.2 Å². The molecule has 0 saturated heterocycles. The Morgan fingerprint density at radius 2 is 1.77 bits per heavy atom. The molecular formula is C16H19N3O3. The number of ether oxygens (including phenoxy) is 2. The zero-order valence-electron chi connectivity index (χ0n) is 12.8. The van der Waals surface area contributed by atoms with Gasteiger partial charge in [-0.2, -0.15) is 0 Å². The van der Waals surface area contributed by atoms with E-state index >= 15 is 0 Å². The van der Waals surface area contributed by atoms with Gasteiger partial charge in [-0.1, -0.05) is 0 Å². The normalized spacial score (nSPS) is 10.9. The summed E-state index contributed by atoms with van der Waals surface area (Å²) in [4.78, 5) is 15.9. The molecule has 0 fully saturated rings. The summed E-state index contributed by atoms with van der Waals surface area (Å²) in [6, 6.07) is 10.5. The summed E-state index contributed by atoms with van der Waals surface area (Å²) >= 11 is 0. The monoisotopic (exact) mass is 301 g/mol. The first-order chi connectivity index (χ1) is 10.4. The van der Waals surface area contributed by atoms with Crippen LogP contribution in [0.25, 0.3) is 0 Å². The van der Waals surface area contributed by atoms with E-state index in [0.29, 0.717) is 17.3 Å². The number of carbonyl (C=O) groups excluding carboxylic acids is 1. The van der Waals surface area contributed by atoms with Gasteiger partial charge in [0.15, 0.2) is 0 Å². The molecule has 0 aliphatic heterocycles. The van der Waals surface area contributed by atoms with E-state index in [2.05, 4.69) is 10.3 Å². The molecule has 2 aromatic rings. The second-order valence-electron chi connectivity index (χ2n) is 5.34. The number of pyridine rings is 1. The minimum Gasteiger partial charge on any atom is -0.497 e. The summed E-state index contributed by atoms with van der Waals surface area (Å²) in [5.41, 5.74) is 5.33. The fourth-order valence-electron chi connectivity index (χ4n) is 1.57. The fraction of sp³-hybridized carbons (Fsp3) is 0.250. The van der Waals surface area contributed by atoms with Crippen LogP contribution in [0.5, 0.6) is 17.4 Å². The van der Waals surface area contributed by atoms with Gasteiger partial charge >= 0.3 is 0 Å². The fourth-order valence-corrected chi connectivity index (χ4v) is 1.57. The molecule has 6 nitrogen and oxygen atoms in total. The summed E-state index contributed by atoms with van der Waals surface area (Å²) in [6.07, 6.45) is 1.52. The van der Waals surface area contributed by atoms with Crippen molar-refractivity contribution in [3.05, 3.63) is 42.6 Å². The minimum atomic E-state index is -0.946. The minimum absolute atomic E-state index is 0.280. The number of anilines is 1. The molecule has 1 heterocycles. The van der Waals surface area contributed by atoms with Crippen LogP contribution in [0.3, 0.4) is 0 Å². The molecule has 0 atom stereocenters. The molecule has 6 heteroatoms. The number of nitrogens with one attached hydrogen (secondary N) is 1. The molecule has 1 aromatic heterocycles. The lowest BCUT2D eigenvalue weighted by Crippen LogP contribution is -2.45.